The van der Waals surface area contributed by atoms with Gasteiger partial charge in [-0.3, -0.25) is 4.79 Å². The maximum atomic E-state index is 12.1. The molecule has 0 spiro atoms. The van der Waals surface area contributed by atoms with Gasteiger partial charge in [0.05, 0.1) is 11.2 Å². The lowest BCUT2D eigenvalue weighted by atomic mass is 10.2. The molecule has 2 aromatic rings. The first-order valence-corrected chi connectivity index (χ1v) is 9.02. The number of fused-ring (bicyclic) bond motifs is 1. The molecular formula is C17H13BrCl2N2O4. The fourth-order valence-electron chi connectivity index (χ4n) is 2.10. The summed E-state index contributed by atoms with van der Waals surface area (Å²) in [6.07, 6.45) is 0.692. The molecule has 0 aromatic heterocycles. The molecule has 3 rings (SSSR count). The van der Waals surface area contributed by atoms with Crippen molar-refractivity contribution in [1.82, 2.24) is 5.43 Å². The number of benzene rings is 2. The highest BCUT2D eigenvalue weighted by Crippen LogP contribution is 2.36. The molecule has 1 unspecified atom stereocenters. The second kappa shape index (κ2) is 8.16. The second-order valence-electron chi connectivity index (χ2n) is 5.30. The van der Waals surface area contributed by atoms with Crippen molar-refractivity contribution in [2.75, 3.05) is 6.79 Å². The third kappa shape index (κ3) is 4.41. The van der Waals surface area contributed by atoms with Crippen LogP contribution in [0.3, 0.4) is 0 Å². The van der Waals surface area contributed by atoms with Crippen molar-refractivity contribution in [2.45, 2.75) is 13.0 Å². The van der Waals surface area contributed by atoms with Crippen molar-refractivity contribution in [3.63, 3.8) is 0 Å². The fraction of sp³-hybridized carbons (Fsp3) is 0.176. The van der Waals surface area contributed by atoms with E-state index in [2.05, 4.69) is 26.5 Å². The van der Waals surface area contributed by atoms with Crippen LogP contribution in [-0.4, -0.2) is 25.0 Å². The van der Waals surface area contributed by atoms with Crippen LogP contribution < -0.4 is 19.6 Å². The largest absolute Gasteiger partial charge is 0.479 e. The van der Waals surface area contributed by atoms with E-state index in [0.717, 1.165) is 10.0 Å². The van der Waals surface area contributed by atoms with Gasteiger partial charge in [0.25, 0.3) is 5.91 Å². The number of hydrogen-bond acceptors (Lipinski definition) is 5. The Bertz CT molecular complexity index is 876. The predicted octanol–water partition coefficient (Wildman–Crippen LogP) is 4.40. The van der Waals surface area contributed by atoms with Crippen LogP contribution in [0.25, 0.3) is 0 Å². The number of nitrogens with one attached hydrogen (secondary N) is 1. The van der Waals surface area contributed by atoms with Gasteiger partial charge in [-0.15, -0.1) is 0 Å². The molecule has 1 N–H and O–H groups in total. The smallest absolute Gasteiger partial charge is 0.280 e. The third-order valence-electron chi connectivity index (χ3n) is 3.44. The van der Waals surface area contributed by atoms with Gasteiger partial charge >= 0.3 is 0 Å². The second-order valence-corrected chi connectivity index (χ2v) is 6.99. The average molecular weight is 460 g/mol. The number of halogens is 3. The molecule has 0 saturated carbocycles. The molecule has 0 fully saturated rings. The quantitative estimate of drug-likeness (QED) is 0.531. The zero-order chi connectivity index (χ0) is 18.7. The van der Waals surface area contributed by atoms with Crippen molar-refractivity contribution in [1.29, 1.82) is 0 Å². The van der Waals surface area contributed by atoms with Crippen LogP contribution >= 0.6 is 39.1 Å². The first-order valence-electron chi connectivity index (χ1n) is 7.48. The number of ether oxygens (including phenoxy) is 3. The van der Waals surface area contributed by atoms with Crippen molar-refractivity contribution in [3.05, 3.63) is 50.4 Å². The molecule has 0 bridgehead atoms. The van der Waals surface area contributed by atoms with Gasteiger partial charge in [-0.05, 0) is 53.2 Å². The molecule has 1 atom stereocenters. The first kappa shape index (κ1) is 18.8. The Labute approximate surface area is 168 Å². The number of carbonyl (C=O) groups is 1. The predicted molar refractivity (Wildman–Crippen MR) is 103 cm³/mol. The lowest BCUT2D eigenvalue weighted by Gasteiger charge is -2.14. The van der Waals surface area contributed by atoms with Crippen molar-refractivity contribution in [2.24, 2.45) is 5.10 Å². The molecule has 1 aliphatic heterocycles. The molecule has 0 saturated heterocycles. The summed E-state index contributed by atoms with van der Waals surface area (Å²) >= 11 is 15.3. The highest BCUT2D eigenvalue weighted by molar-refractivity contribution is 9.10. The van der Waals surface area contributed by atoms with Gasteiger partial charge in [0.2, 0.25) is 6.79 Å². The third-order valence-corrected chi connectivity index (χ3v) is 4.65. The zero-order valence-electron chi connectivity index (χ0n) is 13.5. The number of hydrazone groups is 1. The standard InChI is InChI=1S/C17H13BrCl2N2O4/c1-9(26-14-3-2-11(19)5-13(14)20)17(23)22-21-7-10-4-15-16(6-12(10)18)25-8-24-15/h2-7,9H,8H2,1H3,(H,22,23). The van der Waals surface area contributed by atoms with E-state index in [4.69, 9.17) is 37.4 Å². The first-order chi connectivity index (χ1) is 12.4. The molecule has 1 amide bonds. The number of rotatable bonds is 5. The maximum Gasteiger partial charge on any atom is 0.280 e. The molecule has 1 aliphatic rings. The summed E-state index contributed by atoms with van der Waals surface area (Å²) in [6.45, 7) is 1.77. The molecule has 1 heterocycles. The minimum Gasteiger partial charge on any atom is -0.479 e. The van der Waals surface area contributed by atoms with E-state index < -0.39 is 12.0 Å². The van der Waals surface area contributed by atoms with E-state index in [9.17, 15) is 4.79 Å². The van der Waals surface area contributed by atoms with Crippen LogP contribution in [0.1, 0.15) is 12.5 Å². The van der Waals surface area contributed by atoms with Gasteiger partial charge < -0.3 is 14.2 Å². The van der Waals surface area contributed by atoms with E-state index in [1.165, 1.54) is 6.21 Å². The summed E-state index contributed by atoms with van der Waals surface area (Å²) in [4.78, 5) is 12.1. The molecule has 0 radical (unpaired) electrons. The highest BCUT2D eigenvalue weighted by atomic mass is 79.9. The summed E-state index contributed by atoms with van der Waals surface area (Å²) in [5.41, 5.74) is 3.15. The van der Waals surface area contributed by atoms with Crippen LogP contribution in [0, 0.1) is 0 Å². The van der Waals surface area contributed by atoms with Crippen molar-refractivity contribution < 1.29 is 19.0 Å². The molecular weight excluding hydrogens is 447 g/mol. The summed E-state index contributed by atoms with van der Waals surface area (Å²) < 4.78 is 16.9. The average Bonchev–Trinajstić information content (AvgIpc) is 3.04. The lowest BCUT2D eigenvalue weighted by Crippen LogP contribution is -2.33. The molecule has 6 nitrogen and oxygen atoms in total. The van der Waals surface area contributed by atoms with Crippen LogP contribution in [0.4, 0.5) is 0 Å². The summed E-state index contributed by atoms with van der Waals surface area (Å²) in [5.74, 6) is 1.21. The van der Waals surface area contributed by atoms with E-state index in [1.54, 1.807) is 37.3 Å². The topological polar surface area (TPSA) is 69.2 Å². The SMILES string of the molecule is CC(Oc1ccc(Cl)cc1Cl)C(=O)NN=Cc1cc2c(cc1Br)OCO2. The van der Waals surface area contributed by atoms with E-state index in [0.29, 0.717) is 27.3 Å². The fourth-order valence-corrected chi connectivity index (χ4v) is 2.98. The van der Waals surface area contributed by atoms with Gasteiger partial charge in [0.15, 0.2) is 17.6 Å². The summed E-state index contributed by atoms with van der Waals surface area (Å²) in [7, 11) is 0. The number of hydrogen-bond donors (Lipinski definition) is 1. The normalized spacial score (nSPS) is 13.7. The van der Waals surface area contributed by atoms with E-state index in [-0.39, 0.29) is 6.79 Å². The van der Waals surface area contributed by atoms with Gasteiger partial charge in [-0.2, -0.15) is 5.10 Å². The Morgan fingerprint density at radius 3 is 2.77 bits per heavy atom. The van der Waals surface area contributed by atoms with Crippen LogP contribution in [0.15, 0.2) is 39.9 Å². The molecule has 9 heteroatoms. The monoisotopic (exact) mass is 458 g/mol. The minimum atomic E-state index is -0.800. The van der Waals surface area contributed by atoms with Crippen LogP contribution in [0.2, 0.25) is 10.0 Å². The van der Waals surface area contributed by atoms with E-state index in [1.807, 2.05) is 0 Å². The van der Waals surface area contributed by atoms with Crippen molar-refractivity contribution in [3.8, 4) is 17.2 Å². The summed E-state index contributed by atoms with van der Waals surface area (Å²) in [6, 6.07) is 8.30. The zero-order valence-corrected chi connectivity index (χ0v) is 16.6. The Hall–Kier alpha value is -1.96. The lowest BCUT2D eigenvalue weighted by molar-refractivity contribution is -0.127. The van der Waals surface area contributed by atoms with Gasteiger partial charge in [0.1, 0.15) is 5.75 Å². The minimum absolute atomic E-state index is 0.182. The number of nitrogens with zero attached hydrogens (tertiary/aromatic N) is 1. The van der Waals surface area contributed by atoms with Crippen LogP contribution in [0.5, 0.6) is 17.2 Å². The Morgan fingerprint density at radius 1 is 1.31 bits per heavy atom. The molecule has 26 heavy (non-hydrogen) atoms. The van der Waals surface area contributed by atoms with Gasteiger partial charge in [-0.1, -0.05) is 23.2 Å². The number of amides is 1. The number of carbonyl (C=O) groups excluding carboxylic acids is 1. The Balaban J connectivity index is 1.60. The Morgan fingerprint density at radius 2 is 2.04 bits per heavy atom. The molecule has 136 valence electrons. The molecule has 0 aliphatic carbocycles. The van der Waals surface area contributed by atoms with E-state index >= 15 is 0 Å². The van der Waals surface area contributed by atoms with Gasteiger partial charge in [0, 0.05) is 15.1 Å². The summed E-state index contributed by atoms with van der Waals surface area (Å²) in [5, 5.41) is 4.75. The Kier molecular flexibility index (Phi) is 5.90. The van der Waals surface area contributed by atoms with Crippen molar-refractivity contribution >= 4 is 51.3 Å². The van der Waals surface area contributed by atoms with Crippen LogP contribution in [-0.2, 0) is 4.79 Å². The highest BCUT2D eigenvalue weighted by Gasteiger charge is 2.17. The van der Waals surface area contributed by atoms with Gasteiger partial charge in [-0.25, -0.2) is 5.43 Å². The molecule has 2 aromatic carbocycles. The maximum absolute atomic E-state index is 12.1.